The molecule has 0 bridgehead atoms. The molecule has 0 aliphatic heterocycles. The zero-order chi connectivity index (χ0) is 13.8. The third-order valence-corrected chi connectivity index (χ3v) is 6.30. The molecule has 0 saturated heterocycles. The molecule has 4 heteroatoms. The van der Waals surface area contributed by atoms with Gasteiger partial charge in [-0.15, -0.1) is 11.6 Å². The van der Waals surface area contributed by atoms with Crippen molar-refractivity contribution < 1.29 is 8.42 Å². The molecule has 1 aliphatic carbocycles. The predicted octanol–water partition coefficient (Wildman–Crippen LogP) is 3.24. The standard InChI is InChI=1S/C14H19ClO2S/c1-13(2)12(9-15)14(13,3)10-5-7-11(8-6-10)18(4,16)17/h5-8,12H,9H2,1-4H3. The Bertz CT molecular complexity index is 560. The van der Waals surface area contributed by atoms with Gasteiger partial charge in [-0.2, -0.15) is 0 Å². The van der Waals surface area contributed by atoms with E-state index in [1.807, 2.05) is 12.1 Å². The van der Waals surface area contributed by atoms with Gasteiger partial charge in [-0.1, -0.05) is 32.9 Å². The van der Waals surface area contributed by atoms with E-state index in [9.17, 15) is 8.42 Å². The normalized spacial score (nSPS) is 30.2. The molecule has 0 heterocycles. The number of hydrogen-bond acceptors (Lipinski definition) is 2. The second kappa shape index (κ2) is 3.97. The van der Waals surface area contributed by atoms with Crippen LogP contribution in [0.2, 0.25) is 0 Å². The van der Waals surface area contributed by atoms with Crippen molar-refractivity contribution in [2.75, 3.05) is 12.1 Å². The maximum Gasteiger partial charge on any atom is 0.175 e. The zero-order valence-corrected chi connectivity index (χ0v) is 12.8. The molecule has 18 heavy (non-hydrogen) atoms. The van der Waals surface area contributed by atoms with E-state index < -0.39 is 9.84 Å². The summed E-state index contributed by atoms with van der Waals surface area (Å²) in [5.41, 5.74) is 1.39. The van der Waals surface area contributed by atoms with Crippen molar-refractivity contribution in [1.29, 1.82) is 0 Å². The Labute approximate surface area is 114 Å². The van der Waals surface area contributed by atoms with Crippen molar-refractivity contribution in [3.63, 3.8) is 0 Å². The molecule has 2 unspecified atom stereocenters. The summed E-state index contributed by atoms with van der Waals surface area (Å²) in [5.74, 6) is 1.08. The molecule has 0 radical (unpaired) electrons. The third kappa shape index (κ3) is 1.79. The molecule has 0 N–H and O–H groups in total. The zero-order valence-electron chi connectivity index (χ0n) is 11.2. The first-order chi connectivity index (χ1) is 8.15. The molecular formula is C14H19ClO2S. The Morgan fingerprint density at radius 1 is 1.17 bits per heavy atom. The molecule has 2 rings (SSSR count). The van der Waals surface area contributed by atoms with Gasteiger partial charge in [0.25, 0.3) is 0 Å². The SMILES string of the molecule is CC1(C)C(CCl)C1(C)c1ccc(S(C)(=O)=O)cc1. The minimum Gasteiger partial charge on any atom is -0.224 e. The van der Waals surface area contributed by atoms with Gasteiger partial charge in [0.15, 0.2) is 9.84 Å². The average molecular weight is 287 g/mol. The lowest BCUT2D eigenvalue weighted by Gasteiger charge is -2.15. The van der Waals surface area contributed by atoms with Crippen LogP contribution in [0, 0.1) is 11.3 Å². The molecule has 1 fully saturated rings. The Morgan fingerprint density at radius 3 is 2.00 bits per heavy atom. The number of rotatable bonds is 3. The molecule has 1 aromatic carbocycles. The summed E-state index contributed by atoms with van der Waals surface area (Å²) in [5, 5.41) is 0. The predicted molar refractivity (Wildman–Crippen MR) is 74.9 cm³/mol. The second-order valence-corrected chi connectivity index (χ2v) is 8.25. The molecule has 2 atom stereocenters. The van der Waals surface area contributed by atoms with Crippen molar-refractivity contribution in [2.45, 2.75) is 31.1 Å². The third-order valence-electron chi connectivity index (χ3n) is 4.86. The second-order valence-electron chi connectivity index (χ2n) is 5.93. The van der Waals surface area contributed by atoms with E-state index in [4.69, 9.17) is 11.6 Å². The van der Waals surface area contributed by atoms with Crippen LogP contribution < -0.4 is 0 Å². The van der Waals surface area contributed by atoms with E-state index in [0.717, 1.165) is 0 Å². The first kappa shape index (κ1) is 13.9. The average Bonchev–Trinajstić information content (AvgIpc) is 2.72. The number of halogens is 1. The lowest BCUT2D eigenvalue weighted by atomic mass is 9.90. The van der Waals surface area contributed by atoms with Crippen LogP contribution in [0.15, 0.2) is 29.2 Å². The Kier molecular flexibility index (Phi) is 3.07. The van der Waals surface area contributed by atoms with Crippen LogP contribution in [-0.4, -0.2) is 20.6 Å². The van der Waals surface area contributed by atoms with E-state index >= 15 is 0 Å². The molecule has 1 saturated carbocycles. The largest absolute Gasteiger partial charge is 0.224 e. The quantitative estimate of drug-likeness (QED) is 0.800. The first-order valence-corrected chi connectivity index (χ1v) is 8.45. The summed E-state index contributed by atoms with van der Waals surface area (Å²) >= 11 is 6.03. The Hall–Kier alpha value is -0.540. The lowest BCUT2D eigenvalue weighted by molar-refractivity contribution is 0.522. The topological polar surface area (TPSA) is 34.1 Å². The van der Waals surface area contributed by atoms with Gasteiger partial charge in [-0.05, 0) is 29.0 Å². The molecule has 1 aromatic rings. The molecule has 0 aromatic heterocycles. The maximum atomic E-state index is 11.4. The smallest absolute Gasteiger partial charge is 0.175 e. The molecule has 2 nitrogen and oxygen atoms in total. The van der Waals surface area contributed by atoms with Crippen molar-refractivity contribution in [2.24, 2.45) is 11.3 Å². The number of hydrogen-bond donors (Lipinski definition) is 0. The first-order valence-electron chi connectivity index (χ1n) is 6.02. The van der Waals surface area contributed by atoms with Crippen LogP contribution in [0.4, 0.5) is 0 Å². The molecular weight excluding hydrogens is 268 g/mol. The summed E-state index contributed by atoms with van der Waals surface area (Å²) < 4.78 is 22.9. The summed E-state index contributed by atoms with van der Waals surface area (Å²) in [6.45, 7) is 6.63. The van der Waals surface area contributed by atoms with E-state index in [0.29, 0.717) is 16.7 Å². The number of benzene rings is 1. The Morgan fingerprint density at radius 2 is 1.67 bits per heavy atom. The van der Waals surface area contributed by atoms with Gasteiger partial charge >= 0.3 is 0 Å². The van der Waals surface area contributed by atoms with E-state index in [-0.39, 0.29) is 10.8 Å². The van der Waals surface area contributed by atoms with Crippen LogP contribution in [-0.2, 0) is 15.3 Å². The summed E-state index contributed by atoms with van der Waals surface area (Å²) in [4.78, 5) is 0.371. The summed E-state index contributed by atoms with van der Waals surface area (Å²) in [6, 6.07) is 7.22. The highest BCUT2D eigenvalue weighted by atomic mass is 35.5. The van der Waals surface area contributed by atoms with Gasteiger partial charge in [0.1, 0.15) is 0 Å². The maximum absolute atomic E-state index is 11.4. The minimum atomic E-state index is -3.12. The van der Waals surface area contributed by atoms with Crippen LogP contribution in [0.5, 0.6) is 0 Å². The summed E-state index contributed by atoms with van der Waals surface area (Å²) in [6.07, 6.45) is 1.23. The van der Waals surface area contributed by atoms with Crippen LogP contribution in [0.3, 0.4) is 0 Å². The van der Waals surface area contributed by atoms with Gasteiger partial charge in [0.2, 0.25) is 0 Å². The summed E-state index contributed by atoms with van der Waals surface area (Å²) in [7, 11) is -3.12. The Balaban J connectivity index is 2.38. The van der Waals surface area contributed by atoms with E-state index in [1.165, 1.54) is 11.8 Å². The number of alkyl halides is 1. The fraction of sp³-hybridized carbons (Fsp3) is 0.571. The van der Waals surface area contributed by atoms with Crippen molar-refractivity contribution >= 4 is 21.4 Å². The molecule has 0 amide bonds. The molecule has 0 spiro atoms. The molecule has 1 aliphatic rings. The number of sulfone groups is 1. The monoisotopic (exact) mass is 286 g/mol. The van der Waals surface area contributed by atoms with Gasteiger partial charge in [-0.25, -0.2) is 8.42 Å². The van der Waals surface area contributed by atoms with Gasteiger partial charge in [0, 0.05) is 17.6 Å². The van der Waals surface area contributed by atoms with Gasteiger partial charge in [-0.3, -0.25) is 0 Å². The van der Waals surface area contributed by atoms with Crippen LogP contribution in [0.25, 0.3) is 0 Å². The highest BCUT2D eigenvalue weighted by Crippen LogP contribution is 2.69. The fourth-order valence-electron chi connectivity index (χ4n) is 3.07. The van der Waals surface area contributed by atoms with Crippen LogP contribution >= 0.6 is 11.6 Å². The van der Waals surface area contributed by atoms with Gasteiger partial charge < -0.3 is 0 Å². The van der Waals surface area contributed by atoms with Gasteiger partial charge in [0.05, 0.1) is 4.90 Å². The van der Waals surface area contributed by atoms with E-state index in [2.05, 4.69) is 20.8 Å². The fourth-order valence-corrected chi connectivity index (χ4v) is 4.40. The highest BCUT2D eigenvalue weighted by molar-refractivity contribution is 7.90. The van der Waals surface area contributed by atoms with Crippen LogP contribution in [0.1, 0.15) is 26.3 Å². The van der Waals surface area contributed by atoms with Crippen molar-refractivity contribution in [1.82, 2.24) is 0 Å². The van der Waals surface area contributed by atoms with Crippen molar-refractivity contribution in [3.05, 3.63) is 29.8 Å². The lowest BCUT2D eigenvalue weighted by Crippen LogP contribution is -2.10. The highest BCUT2D eigenvalue weighted by Gasteiger charge is 2.67. The molecule has 100 valence electrons. The van der Waals surface area contributed by atoms with E-state index in [1.54, 1.807) is 12.1 Å². The van der Waals surface area contributed by atoms with Crippen molar-refractivity contribution in [3.8, 4) is 0 Å². The minimum absolute atomic E-state index is 0.0464.